The third-order valence-corrected chi connectivity index (χ3v) is 5.44. The molecule has 2 rings (SSSR count). The summed E-state index contributed by atoms with van der Waals surface area (Å²) in [6.07, 6.45) is 3.60. The maximum absolute atomic E-state index is 12.2. The number of urea groups is 1. The zero-order chi connectivity index (χ0) is 20.1. The summed E-state index contributed by atoms with van der Waals surface area (Å²) in [6, 6.07) is -1.81. The summed E-state index contributed by atoms with van der Waals surface area (Å²) < 4.78 is 4.97. The first-order valence-electron chi connectivity index (χ1n) is 8.67. The van der Waals surface area contributed by atoms with Gasteiger partial charge in [0, 0.05) is 4.88 Å². The summed E-state index contributed by atoms with van der Waals surface area (Å²) in [4.78, 5) is 48.1. The Kier molecular flexibility index (Phi) is 6.78. The molecule has 0 spiro atoms. The fourth-order valence-electron chi connectivity index (χ4n) is 2.95. The number of nitrogens with one attached hydrogen (secondary N) is 2. The maximum Gasteiger partial charge on any atom is 0.329 e. The molecular formula is C17H24N4O5S. The minimum atomic E-state index is -0.953. The molecule has 9 nitrogen and oxygen atoms in total. The topological polar surface area (TPSA) is 154 Å². The Hall–Kier alpha value is -2.62. The van der Waals surface area contributed by atoms with Gasteiger partial charge in [0.2, 0.25) is 0 Å². The standard InChI is InChI=1S/C17H24N4O5S/c1-8(2)13(21-17(19)25)16(24)26-7-11(22)20-15-12(14(18)23)9-5-3-4-6-10(9)27-15/h8,13H,3-7H2,1-2H3,(H2,18,23)(H,20,22)(H3,19,21,25)/t13-/m1/s1. The molecule has 27 heavy (non-hydrogen) atoms. The van der Waals surface area contributed by atoms with E-state index in [1.165, 1.54) is 11.3 Å². The van der Waals surface area contributed by atoms with Gasteiger partial charge < -0.3 is 26.8 Å². The summed E-state index contributed by atoms with van der Waals surface area (Å²) in [5.74, 6) is -2.21. The molecule has 1 aromatic rings. The number of amides is 4. The van der Waals surface area contributed by atoms with Gasteiger partial charge in [-0.3, -0.25) is 9.59 Å². The van der Waals surface area contributed by atoms with Gasteiger partial charge in [0.05, 0.1) is 5.56 Å². The highest BCUT2D eigenvalue weighted by Crippen LogP contribution is 2.37. The van der Waals surface area contributed by atoms with Crippen LogP contribution in [0.1, 0.15) is 47.5 Å². The number of hydrogen-bond donors (Lipinski definition) is 4. The Labute approximate surface area is 160 Å². The summed E-state index contributed by atoms with van der Waals surface area (Å²) in [5, 5.41) is 5.27. The number of fused-ring (bicyclic) bond motifs is 1. The molecular weight excluding hydrogens is 372 g/mol. The van der Waals surface area contributed by atoms with Crippen molar-refractivity contribution in [1.29, 1.82) is 0 Å². The minimum absolute atomic E-state index is 0.265. The quantitative estimate of drug-likeness (QED) is 0.504. The van der Waals surface area contributed by atoms with E-state index in [1.54, 1.807) is 13.8 Å². The van der Waals surface area contributed by atoms with Crippen LogP contribution in [0.5, 0.6) is 0 Å². The smallest absolute Gasteiger partial charge is 0.329 e. The predicted molar refractivity (Wildman–Crippen MR) is 100 cm³/mol. The van der Waals surface area contributed by atoms with Gasteiger partial charge in [-0.25, -0.2) is 9.59 Å². The third kappa shape index (κ3) is 5.19. The van der Waals surface area contributed by atoms with Crippen LogP contribution < -0.4 is 22.1 Å². The molecule has 0 unspecified atom stereocenters. The number of carbonyl (C=O) groups is 4. The highest BCUT2D eigenvalue weighted by atomic mass is 32.1. The Morgan fingerprint density at radius 2 is 1.81 bits per heavy atom. The monoisotopic (exact) mass is 396 g/mol. The lowest BCUT2D eigenvalue weighted by molar-refractivity contribution is -0.150. The molecule has 1 aliphatic rings. The Morgan fingerprint density at radius 3 is 2.41 bits per heavy atom. The van der Waals surface area contributed by atoms with Crippen LogP contribution in [-0.2, 0) is 27.2 Å². The summed E-state index contributed by atoms with van der Waals surface area (Å²) >= 11 is 1.33. The van der Waals surface area contributed by atoms with Crippen LogP contribution in [0.25, 0.3) is 0 Å². The van der Waals surface area contributed by atoms with Crippen molar-refractivity contribution in [3.8, 4) is 0 Å². The zero-order valence-corrected chi connectivity index (χ0v) is 16.1. The number of nitrogens with two attached hydrogens (primary N) is 2. The summed E-state index contributed by atoms with van der Waals surface area (Å²) in [6.45, 7) is 2.86. The second-order valence-corrected chi connectivity index (χ2v) is 7.77. The van der Waals surface area contributed by atoms with Gasteiger partial charge >= 0.3 is 12.0 Å². The number of carbonyl (C=O) groups excluding carboxylic acids is 4. The highest BCUT2D eigenvalue weighted by molar-refractivity contribution is 7.17. The van der Waals surface area contributed by atoms with E-state index in [9.17, 15) is 19.2 Å². The lowest BCUT2D eigenvalue weighted by Gasteiger charge is -2.19. The van der Waals surface area contributed by atoms with E-state index in [0.29, 0.717) is 10.6 Å². The van der Waals surface area contributed by atoms with E-state index in [1.807, 2.05) is 0 Å². The number of hydrogen-bond acceptors (Lipinski definition) is 6. The second kappa shape index (κ2) is 8.85. The number of primary amides is 2. The Morgan fingerprint density at radius 1 is 1.15 bits per heavy atom. The van der Waals surface area contributed by atoms with Gasteiger partial charge in [0.15, 0.2) is 6.61 Å². The van der Waals surface area contributed by atoms with Gasteiger partial charge in [-0.2, -0.15) is 0 Å². The van der Waals surface area contributed by atoms with Gasteiger partial charge in [-0.05, 0) is 37.2 Å². The van der Waals surface area contributed by atoms with Gasteiger partial charge in [0.1, 0.15) is 11.0 Å². The molecule has 0 bridgehead atoms. The van der Waals surface area contributed by atoms with Crippen molar-refractivity contribution in [3.63, 3.8) is 0 Å². The third-order valence-electron chi connectivity index (χ3n) is 4.23. The number of esters is 1. The first kappa shape index (κ1) is 20.7. The molecule has 1 aromatic heterocycles. The first-order chi connectivity index (χ1) is 12.7. The molecule has 0 saturated heterocycles. The van der Waals surface area contributed by atoms with Crippen LogP contribution in [0.2, 0.25) is 0 Å². The van der Waals surface area contributed by atoms with Crippen LogP contribution in [0, 0.1) is 5.92 Å². The molecule has 4 amide bonds. The second-order valence-electron chi connectivity index (χ2n) is 6.67. The van der Waals surface area contributed by atoms with Crippen LogP contribution in [0.3, 0.4) is 0 Å². The molecule has 1 aliphatic carbocycles. The summed E-state index contributed by atoms with van der Waals surface area (Å²) in [7, 11) is 0. The van der Waals surface area contributed by atoms with Crippen LogP contribution in [-0.4, -0.2) is 36.5 Å². The average molecular weight is 396 g/mol. The van der Waals surface area contributed by atoms with E-state index in [0.717, 1.165) is 36.1 Å². The van der Waals surface area contributed by atoms with Crippen molar-refractivity contribution in [2.24, 2.45) is 17.4 Å². The van der Waals surface area contributed by atoms with Crippen LogP contribution in [0.15, 0.2) is 0 Å². The molecule has 0 aliphatic heterocycles. The molecule has 6 N–H and O–H groups in total. The SMILES string of the molecule is CC(C)[C@@H](NC(N)=O)C(=O)OCC(=O)Nc1sc2c(c1C(N)=O)CCCC2. The average Bonchev–Trinajstić information content (AvgIpc) is 2.95. The van der Waals surface area contributed by atoms with E-state index >= 15 is 0 Å². The molecule has 10 heteroatoms. The van der Waals surface area contributed by atoms with Crippen LogP contribution >= 0.6 is 11.3 Å². The maximum atomic E-state index is 12.2. The molecule has 0 fully saturated rings. The Balaban J connectivity index is 2.02. The molecule has 148 valence electrons. The number of thiophene rings is 1. The number of ether oxygens (including phenoxy) is 1. The predicted octanol–water partition coefficient (Wildman–Crippen LogP) is 0.900. The largest absolute Gasteiger partial charge is 0.454 e. The zero-order valence-electron chi connectivity index (χ0n) is 15.3. The van der Waals surface area contributed by atoms with E-state index in [4.69, 9.17) is 16.2 Å². The van der Waals surface area contributed by atoms with E-state index in [-0.39, 0.29) is 5.92 Å². The molecule has 0 saturated carbocycles. The van der Waals surface area contributed by atoms with Gasteiger partial charge in [-0.1, -0.05) is 13.8 Å². The Bertz CT molecular complexity index is 759. The van der Waals surface area contributed by atoms with E-state index < -0.39 is 36.5 Å². The normalized spacial score (nSPS) is 14.2. The molecule has 0 aromatic carbocycles. The van der Waals surface area contributed by atoms with Crippen LogP contribution in [0.4, 0.5) is 9.80 Å². The number of anilines is 1. The minimum Gasteiger partial charge on any atom is -0.454 e. The highest BCUT2D eigenvalue weighted by Gasteiger charge is 2.27. The van der Waals surface area contributed by atoms with Crippen molar-refractivity contribution in [1.82, 2.24) is 5.32 Å². The molecule has 1 atom stereocenters. The summed E-state index contributed by atoms with van der Waals surface area (Å²) in [5.41, 5.74) is 11.8. The van der Waals surface area contributed by atoms with Crippen molar-refractivity contribution in [2.75, 3.05) is 11.9 Å². The fourth-order valence-corrected chi connectivity index (χ4v) is 4.27. The van der Waals surface area contributed by atoms with Crippen molar-refractivity contribution in [2.45, 2.75) is 45.6 Å². The van der Waals surface area contributed by atoms with E-state index in [2.05, 4.69) is 10.6 Å². The fraction of sp³-hybridized carbons (Fsp3) is 0.529. The van der Waals surface area contributed by atoms with Crippen molar-refractivity contribution >= 4 is 40.2 Å². The number of aryl methyl sites for hydroxylation is 1. The first-order valence-corrected chi connectivity index (χ1v) is 9.49. The van der Waals surface area contributed by atoms with Crippen molar-refractivity contribution < 1.29 is 23.9 Å². The number of rotatable bonds is 7. The van der Waals surface area contributed by atoms with Gasteiger partial charge in [-0.15, -0.1) is 11.3 Å². The lowest BCUT2D eigenvalue weighted by Crippen LogP contribution is -2.48. The molecule has 0 radical (unpaired) electrons. The lowest BCUT2D eigenvalue weighted by atomic mass is 9.95. The van der Waals surface area contributed by atoms with Gasteiger partial charge in [0.25, 0.3) is 11.8 Å². The molecule has 1 heterocycles. The van der Waals surface area contributed by atoms with Crippen molar-refractivity contribution in [3.05, 3.63) is 16.0 Å².